The van der Waals surface area contributed by atoms with E-state index in [2.05, 4.69) is 10.2 Å². The summed E-state index contributed by atoms with van der Waals surface area (Å²) in [6.45, 7) is 3.39. The van der Waals surface area contributed by atoms with Crippen molar-refractivity contribution >= 4 is 38.9 Å². The van der Waals surface area contributed by atoms with Crippen LogP contribution in [0, 0.1) is 0 Å². The Bertz CT molecular complexity index is 1010. The SMILES string of the molecule is O=C(NCC(c1cccc(Cl)c1)N1CCCC1)c1sccc1S(=O)(=O)N1CCCCC1. The third kappa shape index (κ3) is 5.14. The molecule has 1 atom stereocenters. The topological polar surface area (TPSA) is 69.7 Å². The number of halogens is 1. The van der Waals surface area contributed by atoms with Gasteiger partial charge >= 0.3 is 0 Å². The second kappa shape index (κ2) is 10.0. The van der Waals surface area contributed by atoms with Gasteiger partial charge in [0.25, 0.3) is 5.91 Å². The summed E-state index contributed by atoms with van der Waals surface area (Å²) >= 11 is 7.39. The number of benzene rings is 1. The van der Waals surface area contributed by atoms with Crippen LogP contribution >= 0.6 is 22.9 Å². The van der Waals surface area contributed by atoms with E-state index in [1.54, 1.807) is 11.4 Å². The molecule has 1 amide bonds. The molecule has 0 spiro atoms. The first-order chi connectivity index (χ1) is 15.0. The number of nitrogens with one attached hydrogen (secondary N) is 1. The Morgan fingerprint density at radius 2 is 1.77 bits per heavy atom. The fraction of sp³-hybridized carbons (Fsp3) is 0.500. The number of hydrogen-bond donors (Lipinski definition) is 1. The van der Waals surface area contributed by atoms with Crippen molar-refractivity contribution in [3.8, 4) is 0 Å². The molecule has 2 aromatic rings. The molecule has 4 rings (SSSR count). The van der Waals surface area contributed by atoms with E-state index in [4.69, 9.17) is 11.6 Å². The number of carbonyl (C=O) groups is 1. The van der Waals surface area contributed by atoms with Gasteiger partial charge in [-0.15, -0.1) is 11.3 Å². The molecule has 0 saturated carbocycles. The zero-order valence-electron chi connectivity index (χ0n) is 17.4. The van der Waals surface area contributed by atoms with Crippen LogP contribution in [0.25, 0.3) is 0 Å². The van der Waals surface area contributed by atoms with Gasteiger partial charge in [-0.3, -0.25) is 9.69 Å². The first-order valence-electron chi connectivity index (χ1n) is 10.8. The maximum atomic E-state index is 13.1. The zero-order valence-corrected chi connectivity index (χ0v) is 19.8. The molecule has 9 heteroatoms. The first-order valence-corrected chi connectivity index (χ1v) is 13.5. The Hall–Kier alpha value is -1.45. The number of nitrogens with zero attached hydrogens (tertiary/aromatic N) is 2. The highest BCUT2D eigenvalue weighted by Gasteiger charge is 2.31. The lowest BCUT2D eigenvalue weighted by Gasteiger charge is -2.28. The lowest BCUT2D eigenvalue weighted by atomic mass is 10.1. The van der Waals surface area contributed by atoms with Crippen LogP contribution in [0.2, 0.25) is 5.02 Å². The average molecular weight is 482 g/mol. The van der Waals surface area contributed by atoms with Crippen LogP contribution in [0.5, 0.6) is 0 Å². The Labute approximate surface area is 193 Å². The number of carbonyl (C=O) groups excluding carboxylic acids is 1. The second-order valence-electron chi connectivity index (χ2n) is 8.10. The van der Waals surface area contributed by atoms with Gasteiger partial charge in [-0.05, 0) is 67.9 Å². The molecule has 2 saturated heterocycles. The van der Waals surface area contributed by atoms with Gasteiger partial charge in [-0.25, -0.2) is 8.42 Å². The zero-order chi connectivity index (χ0) is 21.8. The number of hydrogen-bond acceptors (Lipinski definition) is 5. The van der Waals surface area contributed by atoms with Gasteiger partial charge in [0.1, 0.15) is 9.77 Å². The van der Waals surface area contributed by atoms with E-state index in [1.807, 2.05) is 24.3 Å². The molecule has 1 aromatic carbocycles. The smallest absolute Gasteiger partial charge is 0.262 e. The van der Waals surface area contributed by atoms with Gasteiger partial charge < -0.3 is 5.32 Å². The highest BCUT2D eigenvalue weighted by Crippen LogP contribution is 2.29. The predicted molar refractivity (Wildman–Crippen MR) is 124 cm³/mol. The highest BCUT2D eigenvalue weighted by atomic mass is 35.5. The summed E-state index contributed by atoms with van der Waals surface area (Å²) in [4.78, 5) is 15.8. The summed E-state index contributed by atoms with van der Waals surface area (Å²) in [6, 6.07) is 9.29. The third-order valence-electron chi connectivity index (χ3n) is 6.04. The van der Waals surface area contributed by atoms with Gasteiger partial charge in [0, 0.05) is 24.7 Å². The lowest BCUT2D eigenvalue weighted by molar-refractivity contribution is 0.0939. The van der Waals surface area contributed by atoms with Gasteiger partial charge in [-0.2, -0.15) is 4.31 Å². The fourth-order valence-electron chi connectivity index (χ4n) is 4.41. The standard InChI is InChI=1S/C22H28ClN3O3S2/c23-18-8-6-7-17(15-18)19(25-10-4-5-11-25)16-24-22(27)21-20(9-14-30-21)31(28,29)26-12-2-1-3-13-26/h6-9,14-15,19H,1-5,10-13,16H2,(H,24,27). The van der Waals surface area contributed by atoms with E-state index in [0.717, 1.165) is 50.8 Å². The van der Waals surface area contributed by atoms with Crippen LogP contribution in [0.3, 0.4) is 0 Å². The summed E-state index contributed by atoms with van der Waals surface area (Å²) in [6.07, 6.45) is 5.04. The van der Waals surface area contributed by atoms with Gasteiger partial charge in [0.15, 0.2) is 0 Å². The summed E-state index contributed by atoms with van der Waals surface area (Å²) in [5.74, 6) is -0.336. The first kappa shape index (κ1) is 22.7. The van der Waals surface area contributed by atoms with Gasteiger partial charge in [-0.1, -0.05) is 30.2 Å². The minimum atomic E-state index is -3.65. The summed E-state index contributed by atoms with van der Waals surface area (Å²) in [7, 11) is -3.65. The Morgan fingerprint density at radius 1 is 1.06 bits per heavy atom. The van der Waals surface area contributed by atoms with Crippen molar-refractivity contribution in [2.24, 2.45) is 0 Å². The van der Waals surface area contributed by atoms with Gasteiger partial charge in [0.05, 0.1) is 6.04 Å². The van der Waals surface area contributed by atoms with Crippen molar-refractivity contribution in [1.82, 2.24) is 14.5 Å². The molecular weight excluding hydrogens is 454 g/mol. The molecule has 0 aliphatic carbocycles. The summed E-state index contributed by atoms with van der Waals surface area (Å²) < 4.78 is 27.7. The van der Waals surface area contributed by atoms with E-state index in [0.29, 0.717) is 24.7 Å². The van der Waals surface area contributed by atoms with Crippen molar-refractivity contribution in [2.75, 3.05) is 32.7 Å². The number of likely N-dealkylation sites (tertiary alicyclic amines) is 1. The van der Waals surface area contributed by atoms with Crippen LogP contribution in [0.4, 0.5) is 0 Å². The van der Waals surface area contributed by atoms with Crippen molar-refractivity contribution in [1.29, 1.82) is 0 Å². The highest BCUT2D eigenvalue weighted by molar-refractivity contribution is 7.89. The number of rotatable bonds is 7. The van der Waals surface area contributed by atoms with Gasteiger partial charge in [0.2, 0.25) is 10.0 Å². The lowest BCUT2D eigenvalue weighted by Crippen LogP contribution is -2.38. The maximum Gasteiger partial charge on any atom is 0.262 e. The molecule has 2 aliphatic rings. The molecule has 0 radical (unpaired) electrons. The largest absolute Gasteiger partial charge is 0.349 e. The van der Waals surface area contributed by atoms with E-state index >= 15 is 0 Å². The average Bonchev–Trinajstić information content (AvgIpc) is 3.47. The predicted octanol–water partition coefficient (Wildman–Crippen LogP) is 4.14. The minimum absolute atomic E-state index is 0.00673. The normalized spacial score (nSPS) is 19.4. The second-order valence-corrected chi connectivity index (χ2v) is 11.4. The Kier molecular flexibility index (Phi) is 7.33. The maximum absolute atomic E-state index is 13.1. The van der Waals surface area contributed by atoms with Crippen LogP contribution < -0.4 is 5.32 Å². The molecule has 1 unspecified atom stereocenters. The molecule has 6 nitrogen and oxygen atoms in total. The number of sulfonamides is 1. The molecule has 1 N–H and O–H groups in total. The van der Waals surface area contributed by atoms with Crippen molar-refractivity contribution in [3.63, 3.8) is 0 Å². The van der Waals surface area contributed by atoms with E-state index in [9.17, 15) is 13.2 Å². The molecule has 168 valence electrons. The number of thiophene rings is 1. The number of amides is 1. The van der Waals surface area contributed by atoms with Crippen LogP contribution in [0.15, 0.2) is 40.6 Å². The van der Waals surface area contributed by atoms with E-state index in [1.165, 1.54) is 15.6 Å². The molecule has 3 heterocycles. The molecule has 0 bridgehead atoms. The quantitative estimate of drug-likeness (QED) is 0.645. The molecule has 31 heavy (non-hydrogen) atoms. The molecule has 2 aliphatic heterocycles. The molecule has 1 aromatic heterocycles. The van der Waals surface area contributed by atoms with Crippen LogP contribution in [-0.4, -0.2) is 56.3 Å². The van der Waals surface area contributed by atoms with Crippen molar-refractivity contribution < 1.29 is 13.2 Å². The minimum Gasteiger partial charge on any atom is -0.349 e. The molecule has 2 fully saturated rings. The fourth-order valence-corrected chi connectivity index (χ4v) is 7.44. The Morgan fingerprint density at radius 3 is 2.48 bits per heavy atom. The van der Waals surface area contributed by atoms with E-state index < -0.39 is 10.0 Å². The third-order valence-corrected chi connectivity index (χ3v) is 9.26. The summed E-state index contributed by atoms with van der Waals surface area (Å²) in [5, 5.41) is 5.35. The number of piperidine rings is 1. The monoisotopic (exact) mass is 481 g/mol. The van der Waals surface area contributed by atoms with Crippen molar-refractivity contribution in [2.45, 2.75) is 43.0 Å². The van der Waals surface area contributed by atoms with Crippen molar-refractivity contribution in [3.05, 3.63) is 51.2 Å². The van der Waals surface area contributed by atoms with E-state index in [-0.39, 0.29) is 21.7 Å². The molecular formula is C22H28ClN3O3S2. The Balaban J connectivity index is 1.51. The van der Waals surface area contributed by atoms with Crippen LogP contribution in [0.1, 0.15) is 53.4 Å². The summed E-state index contributed by atoms with van der Waals surface area (Å²) in [5.41, 5.74) is 1.06. The van der Waals surface area contributed by atoms with Crippen LogP contribution in [-0.2, 0) is 10.0 Å².